The van der Waals surface area contributed by atoms with Crippen molar-refractivity contribution in [1.82, 2.24) is 0 Å². The molecule has 0 saturated heterocycles. The maximum absolute atomic E-state index is 11.2. The van der Waals surface area contributed by atoms with E-state index in [-0.39, 0.29) is 11.9 Å². The second kappa shape index (κ2) is 6.16. The number of rotatable bonds is 5. The van der Waals surface area contributed by atoms with Gasteiger partial charge in [-0.05, 0) is 24.1 Å². The molecule has 3 heteroatoms. The first kappa shape index (κ1) is 12.6. The Labute approximate surface area is 96.8 Å². The van der Waals surface area contributed by atoms with Crippen molar-refractivity contribution < 1.29 is 9.53 Å². The van der Waals surface area contributed by atoms with E-state index in [1.807, 2.05) is 19.1 Å². The lowest BCUT2D eigenvalue weighted by molar-refractivity contribution is -0.144. The molecule has 0 amide bonds. The molecular formula is C13H19NO2. The molecule has 1 unspecified atom stereocenters. The average Bonchev–Trinajstić information content (AvgIpc) is 2.35. The quantitative estimate of drug-likeness (QED) is 0.776. The first-order valence-corrected chi connectivity index (χ1v) is 5.58. The van der Waals surface area contributed by atoms with Gasteiger partial charge in [-0.2, -0.15) is 0 Å². The maximum atomic E-state index is 11.2. The molecule has 0 bridgehead atoms. The first-order chi connectivity index (χ1) is 7.67. The van der Waals surface area contributed by atoms with Crippen LogP contribution in [0.1, 0.15) is 19.4 Å². The van der Waals surface area contributed by atoms with Crippen molar-refractivity contribution in [2.24, 2.45) is 5.92 Å². The number of carbonyl (C=O) groups is 1. The molecule has 0 spiro atoms. The van der Waals surface area contributed by atoms with Gasteiger partial charge in [0.05, 0.1) is 13.0 Å². The average molecular weight is 221 g/mol. The fourth-order valence-electron chi connectivity index (χ4n) is 1.41. The number of carbonyl (C=O) groups excluding carboxylic acids is 1. The summed E-state index contributed by atoms with van der Waals surface area (Å²) in [5.74, 6) is -0.312. The zero-order valence-electron chi connectivity index (χ0n) is 10.1. The molecule has 1 aromatic carbocycles. The van der Waals surface area contributed by atoms with E-state index in [1.54, 1.807) is 0 Å². The molecule has 16 heavy (non-hydrogen) atoms. The number of hydrogen-bond donors (Lipinski definition) is 1. The number of anilines is 1. The number of hydrogen-bond acceptors (Lipinski definition) is 3. The SMILES string of the molecule is CCc1ccc(NCC(C)C(=O)OC)cc1. The van der Waals surface area contributed by atoms with Crippen LogP contribution in [-0.2, 0) is 16.0 Å². The normalized spacial score (nSPS) is 11.9. The van der Waals surface area contributed by atoms with Crippen molar-refractivity contribution in [1.29, 1.82) is 0 Å². The molecule has 0 saturated carbocycles. The monoisotopic (exact) mass is 221 g/mol. The van der Waals surface area contributed by atoms with Crippen LogP contribution in [0, 0.1) is 5.92 Å². The van der Waals surface area contributed by atoms with Crippen LogP contribution >= 0.6 is 0 Å². The van der Waals surface area contributed by atoms with Gasteiger partial charge in [-0.25, -0.2) is 0 Å². The minimum atomic E-state index is -0.183. The van der Waals surface area contributed by atoms with E-state index in [4.69, 9.17) is 0 Å². The molecule has 1 aromatic rings. The number of methoxy groups -OCH3 is 1. The molecule has 1 N–H and O–H groups in total. The summed E-state index contributed by atoms with van der Waals surface area (Å²) in [4.78, 5) is 11.2. The highest BCUT2D eigenvalue weighted by Crippen LogP contribution is 2.10. The Kier molecular flexibility index (Phi) is 4.83. The summed E-state index contributed by atoms with van der Waals surface area (Å²) >= 11 is 0. The van der Waals surface area contributed by atoms with Gasteiger partial charge in [0.25, 0.3) is 0 Å². The third kappa shape index (κ3) is 3.57. The van der Waals surface area contributed by atoms with Gasteiger partial charge >= 0.3 is 5.97 Å². The number of benzene rings is 1. The van der Waals surface area contributed by atoms with Gasteiger partial charge in [0.2, 0.25) is 0 Å². The molecule has 0 aliphatic carbocycles. The van der Waals surface area contributed by atoms with Crippen molar-refractivity contribution in [3.8, 4) is 0 Å². The Morgan fingerprint density at radius 1 is 1.38 bits per heavy atom. The lowest BCUT2D eigenvalue weighted by Gasteiger charge is -2.11. The second-order valence-corrected chi connectivity index (χ2v) is 3.86. The Morgan fingerprint density at radius 3 is 2.50 bits per heavy atom. The summed E-state index contributed by atoms with van der Waals surface area (Å²) in [6.07, 6.45) is 1.04. The van der Waals surface area contributed by atoms with E-state index in [2.05, 4.69) is 29.1 Å². The highest BCUT2D eigenvalue weighted by atomic mass is 16.5. The van der Waals surface area contributed by atoms with Crippen LogP contribution in [0.15, 0.2) is 24.3 Å². The van der Waals surface area contributed by atoms with Crippen molar-refractivity contribution in [2.45, 2.75) is 20.3 Å². The number of ether oxygens (including phenoxy) is 1. The van der Waals surface area contributed by atoms with Crippen LogP contribution < -0.4 is 5.32 Å². The number of esters is 1. The third-order valence-corrected chi connectivity index (χ3v) is 2.58. The van der Waals surface area contributed by atoms with Crippen LogP contribution in [-0.4, -0.2) is 19.6 Å². The molecule has 0 aromatic heterocycles. The van der Waals surface area contributed by atoms with Crippen LogP contribution in [0.5, 0.6) is 0 Å². The Balaban J connectivity index is 2.45. The summed E-state index contributed by atoms with van der Waals surface area (Å²) in [5.41, 5.74) is 2.35. The lowest BCUT2D eigenvalue weighted by atomic mass is 10.1. The number of nitrogens with one attached hydrogen (secondary N) is 1. The van der Waals surface area contributed by atoms with Gasteiger partial charge in [0, 0.05) is 12.2 Å². The van der Waals surface area contributed by atoms with Crippen molar-refractivity contribution >= 4 is 11.7 Å². The zero-order chi connectivity index (χ0) is 12.0. The molecule has 3 nitrogen and oxygen atoms in total. The van der Waals surface area contributed by atoms with Gasteiger partial charge in [-0.1, -0.05) is 26.0 Å². The Morgan fingerprint density at radius 2 is 2.00 bits per heavy atom. The Hall–Kier alpha value is -1.51. The van der Waals surface area contributed by atoms with E-state index in [0.717, 1.165) is 12.1 Å². The van der Waals surface area contributed by atoms with Gasteiger partial charge in [0.1, 0.15) is 0 Å². The second-order valence-electron chi connectivity index (χ2n) is 3.86. The summed E-state index contributed by atoms with van der Waals surface area (Å²) in [5, 5.41) is 3.21. The maximum Gasteiger partial charge on any atom is 0.310 e. The molecule has 88 valence electrons. The minimum Gasteiger partial charge on any atom is -0.469 e. The van der Waals surface area contributed by atoms with Gasteiger partial charge in [-0.3, -0.25) is 4.79 Å². The van der Waals surface area contributed by atoms with E-state index in [9.17, 15) is 4.79 Å². The highest BCUT2D eigenvalue weighted by Gasteiger charge is 2.11. The standard InChI is InChI=1S/C13H19NO2/c1-4-11-5-7-12(8-6-11)14-9-10(2)13(15)16-3/h5-8,10,14H,4,9H2,1-3H3. The first-order valence-electron chi connectivity index (χ1n) is 5.58. The largest absolute Gasteiger partial charge is 0.469 e. The van der Waals surface area contributed by atoms with Gasteiger partial charge < -0.3 is 10.1 Å². The molecule has 0 heterocycles. The predicted octanol–water partition coefficient (Wildman–Crippen LogP) is 2.47. The van der Waals surface area contributed by atoms with Gasteiger partial charge in [0.15, 0.2) is 0 Å². The fraction of sp³-hybridized carbons (Fsp3) is 0.462. The molecule has 0 aliphatic heterocycles. The number of aryl methyl sites for hydroxylation is 1. The highest BCUT2D eigenvalue weighted by molar-refractivity contribution is 5.72. The summed E-state index contributed by atoms with van der Waals surface area (Å²) < 4.78 is 4.66. The Bertz CT molecular complexity index is 332. The van der Waals surface area contributed by atoms with Crippen LogP contribution in [0.25, 0.3) is 0 Å². The van der Waals surface area contributed by atoms with E-state index in [0.29, 0.717) is 6.54 Å². The zero-order valence-corrected chi connectivity index (χ0v) is 10.1. The van der Waals surface area contributed by atoms with Crippen molar-refractivity contribution in [3.05, 3.63) is 29.8 Å². The molecule has 0 aliphatic rings. The third-order valence-electron chi connectivity index (χ3n) is 2.58. The van der Waals surface area contributed by atoms with E-state index < -0.39 is 0 Å². The van der Waals surface area contributed by atoms with Crippen molar-refractivity contribution in [2.75, 3.05) is 19.0 Å². The van der Waals surface area contributed by atoms with Crippen LogP contribution in [0.2, 0.25) is 0 Å². The summed E-state index contributed by atoms with van der Waals surface area (Å²) in [6, 6.07) is 8.24. The minimum absolute atomic E-state index is 0.129. The molecule has 0 radical (unpaired) electrons. The molecule has 1 rings (SSSR count). The lowest BCUT2D eigenvalue weighted by Crippen LogP contribution is -2.21. The van der Waals surface area contributed by atoms with Crippen LogP contribution in [0.3, 0.4) is 0 Å². The van der Waals surface area contributed by atoms with Crippen LogP contribution in [0.4, 0.5) is 5.69 Å². The van der Waals surface area contributed by atoms with Gasteiger partial charge in [-0.15, -0.1) is 0 Å². The summed E-state index contributed by atoms with van der Waals surface area (Å²) in [7, 11) is 1.41. The summed E-state index contributed by atoms with van der Waals surface area (Å²) in [6.45, 7) is 4.57. The predicted molar refractivity (Wildman–Crippen MR) is 65.5 cm³/mol. The molecule has 1 atom stereocenters. The van der Waals surface area contributed by atoms with E-state index >= 15 is 0 Å². The molecule has 0 fully saturated rings. The van der Waals surface area contributed by atoms with Crippen molar-refractivity contribution in [3.63, 3.8) is 0 Å². The smallest absolute Gasteiger partial charge is 0.310 e. The fourth-order valence-corrected chi connectivity index (χ4v) is 1.41. The topological polar surface area (TPSA) is 38.3 Å². The molecular weight excluding hydrogens is 202 g/mol. The van der Waals surface area contributed by atoms with E-state index in [1.165, 1.54) is 12.7 Å².